The van der Waals surface area contributed by atoms with E-state index in [1.54, 1.807) is 31.8 Å². The minimum absolute atomic E-state index is 0.136. The summed E-state index contributed by atoms with van der Waals surface area (Å²) in [5.41, 5.74) is 2.38. The number of hydrogen-bond acceptors (Lipinski definition) is 7. The Bertz CT molecular complexity index is 1470. The number of nitrogens with zero attached hydrogens (tertiary/aromatic N) is 2. The molecule has 0 amide bonds. The average molecular weight is 479 g/mol. The summed E-state index contributed by atoms with van der Waals surface area (Å²) in [6.45, 7) is 5.73. The quantitative estimate of drug-likeness (QED) is 0.521. The van der Waals surface area contributed by atoms with E-state index in [9.17, 15) is 9.59 Å². The Balaban J connectivity index is 1.93. The predicted molar refractivity (Wildman–Crippen MR) is 132 cm³/mol. The van der Waals surface area contributed by atoms with Gasteiger partial charge in [-0.15, -0.1) is 0 Å². The average Bonchev–Trinajstić information content (AvgIpc) is 3.13. The van der Waals surface area contributed by atoms with Crippen LogP contribution in [0.4, 0.5) is 0 Å². The van der Waals surface area contributed by atoms with Crippen LogP contribution in [0.3, 0.4) is 0 Å². The number of methoxy groups -OCH3 is 2. The Kier molecular flexibility index (Phi) is 6.70. The van der Waals surface area contributed by atoms with Gasteiger partial charge in [0.15, 0.2) is 22.1 Å². The third-order valence-corrected chi connectivity index (χ3v) is 6.60. The van der Waals surface area contributed by atoms with E-state index in [1.165, 1.54) is 18.3 Å². The lowest BCUT2D eigenvalue weighted by Gasteiger charge is -2.25. The highest BCUT2D eigenvalue weighted by molar-refractivity contribution is 7.07. The second-order valence-electron chi connectivity index (χ2n) is 7.72. The van der Waals surface area contributed by atoms with Crippen molar-refractivity contribution in [1.82, 2.24) is 4.57 Å². The van der Waals surface area contributed by atoms with Gasteiger partial charge in [-0.3, -0.25) is 14.2 Å². The molecule has 0 saturated heterocycles. The molecular weight excluding hydrogens is 452 g/mol. The third-order valence-electron chi connectivity index (χ3n) is 5.62. The van der Waals surface area contributed by atoms with Gasteiger partial charge in [0.2, 0.25) is 0 Å². The Morgan fingerprint density at radius 1 is 1.12 bits per heavy atom. The van der Waals surface area contributed by atoms with E-state index in [0.717, 1.165) is 11.1 Å². The van der Waals surface area contributed by atoms with Crippen molar-refractivity contribution in [1.29, 1.82) is 0 Å². The molecule has 34 heavy (non-hydrogen) atoms. The lowest BCUT2D eigenvalue weighted by atomic mass is 9.93. The van der Waals surface area contributed by atoms with Crippen molar-refractivity contribution < 1.29 is 19.0 Å². The highest BCUT2D eigenvalue weighted by Crippen LogP contribution is 2.35. The number of hydrogen-bond donors (Lipinski definition) is 0. The molecule has 1 unspecified atom stereocenters. The van der Waals surface area contributed by atoms with Gasteiger partial charge in [-0.1, -0.05) is 35.6 Å². The van der Waals surface area contributed by atoms with Gasteiger partial charge in [-0.05, 0) is 50.6 Å². The van der Waals surface area contributed by atoms with E-state index < -0.39 is 6.04 Å². The first kappa shape index (κ1) is 23.5. The van der Waals surface area contributed by atoms with Gasteiger partial charge in [0.25, 0.3) is 5.56 Å². The summed E-state index contributed by atoms with van der Waals surface area (Å²) in [4.78, 5) is 31.5. The number of rotatable bonds is 7. The van der Waals surface area contributed by atoms with Crippen molar-refractivity contribution in [2.75, 3.05) is 20.8 Å². The smallest absolute Gasteiger partial charge is 0.271 e. The molecule has 0 aliphatic carbocycles. The molecule has 3 aromatic rings. The molecule has 7 nitrogen and oxygen atoms in total. The molecule has 1 aromatic heterocycles. The maximum absolute atomic E-state index is 13.7. The fourth-order valence-electron chi connectivity index (χ4n) is 4.16. The highest BCUT2D eigenvalue weighted by atomic mass is 32.1. The molecular formula is C26H26N2O5S. The van der Waals surface area contributed by atoms with Crippen LogP contribution in [0.1, 0.15) is 37.9 Å². The molecule has 0 radical (unpaired) electrons. The zero-order valence-corrected chi connectivity index (χ0v) is 20.6. The van der Waals surface area contributed by atoms with Crippen LogP contribution in [0.25, 0.3) is 6.08 Å². The minimum Gasteiger partial charge on any atom is -0.496 e. The van der Waals surface area contributed by atoms with Crippen molar-refractivity contribution in [2.24, 2.45) is 4.99 Å². The minimum atomic E-state index is -0.623. The first-order valence-corrected chi connectivity index (χ1v) is 11.7. The fourth-order valence-corrected chi connectivity index (χ4v) is 5.20. The molecule has 176 valence electrons. The number of aromatic nitrogens is 1. The molecule has 1 aliphatic heterocycles. The van der Waals surface area contributed by atoms with Crippen molar-refractivity contribution >= 4 is 23.2 Å². The van der Waals surface area contributed by atoms with E-state index in [1.807, 2.05) is 49.4 Å². The summed E-state index contributed by atoms with van der Waals surface area (Å²) in [5, 5.41) is 0. The number of allylic oxidation sites excluding steroid dienone is 2. The van der Waals surface area contributed by atoms with E-state index in [2.05, 4.69) is 4.99 Å². The van der Waals surface area contributed by atoms with Gasteiger partial charge in [-0.2, -0.15) is 0 Å². The van der Waals surface area contributed by atoms with Crippen LogP contribution in [0.15, 0.2) is 63.5 Å². The predicted octanol–water partition coefficient (Wildman–Crippen LogP) is 3.24. The summed E-state index contributed by atoms with van der Waals surface area (Å²) in [6, 6.07) is 12.3. The van der Waals surface area contributed by atoms with Crippen LogP contribution in [0.5, 0.6) is 17.2 Å². The van der Waals surface area contributed by atoms with Crippen LogP contribution in [-0.4, -0.2) is 31.2 Å². The number of fused-ring (bicyclic) bond motifs is 1. The Morgan fingerprint density at radius 3 is 2.53 bits per heavy atom. The van der Waals surface area contributed by atoms with Gasteiger partial charge in [-0.25, -0.2) is 4.99 Å². The third kappa shape index (κ3) is 4.17. The molecule has 1 atom stereocenters. The SMILES string of the molecule is CCOc1ccc(/C=c2\sc3n(c2=O)C(c2ccccc2OC)C(C(C)=O)=C(C)N=3)cc1OC. The summed E-state index contributed by atoms with van der Waals surface area (Å²) in [5.74, 6) is 1.70. The standard InChI is InChI=1S/C26H26N2O5S/c1-6-33-20-12-11-17(13-21(20)32-5)14-22-25(30)28-24(18-9-7-8-10-19(18)31-4)23(16(3)29)15(2)27-26(28)34-22/h7-14,24H,6H2,1-5H3/b22-14-. The highest BCUT2D eigenvalue weighted by Gasteiger charge is 2.32. The number of ketones is 1. The van der Waals surface area contributed by atoms with E-state index in [0.29, 0.717) is 44.5 Å². The second kappa shape index (κ2) is 9.69. The first-order valence-electron chi connectivity index (χ1n) is 10.9. The molecule has 0 spiro atoms. The summed E-state index contributed by atoms with van der Waals surface area (Å²) >= 11 is 1.28. The van der Waals surface area contributed by atoms with Gasteiger partial charge in [0, 0.05) is 16.8 Å². The second-order valence-corrected chi connectivity index (χ2v) is 8.73. The first-order chi connectivity index (χ1) is 16.4. The van der Waals surface area contributed by atoms with Gasteiger partial charge >= 0.3 is 0 Å². The number of thiazole rings is 1. The van der Waals surface area contributed by atoms with Crippen LogP contribution in [0.2, 0.25) is 0 Å². The Hall–Kier alpha value is -3.65. The fraction of sp³-hybridized carbons (Fsp3) is 0.269. The molecule has 0 fully saturated rings. The Morgan fingerprint density at radius 2 is 1.85 bits per heavy atom. The van der Waals surface area contributed by atoms with Crippen molar-refractivity contribution in [2.45, 2.75) is 26.8 Å². The van der Waals surface area contributed by atoms with Crippen molar-refractivity contribution in [3.05, 3.63) is 84.5 Å². The van der Waals surface area contributed by atoms with E-state index >= 15 is 0 Å². The zero-order chi connectivity index (χ0) is 24.4. The number of para-hydroxylation sites is 1. The van der Waals surface area contributed by atoms with E-state index in [-0.39, 0.29) is 11.3 Å². The van der Waals surface area contributed by atoms with Crippen LogP contribution >= 0.6 is 11.3 Å². The van der Waals surface area contributed by atoms with Crippen molar-refractivity contribution in [3.8, 4) is 17.2 Å². The number of Topliss-reactive ketones (excluding diaryl/α,β-unsaturated/α-hetero) is 1. The van der Waals surface area contributed by atoms with Crippen molar-refractivity contribution in [3.63, 3.8) is 0 Å². The Labute approximate surface area is 201 Å². The number of benzene rings is 2. The van der Waals surface area contributed by atoms with E-state index in [4.69, 9.17) is 14.2 Å². The monoisotopic (exact) mass is 478 g/mol. The van der Waals surface area contributed by atoms with Crippen LogP contribution in [0, 0.1) is 0 Å². The van der Waals surface area contributed by atoms with Gasteiger partial charge in [0.1, 0.15) is 5.75 Å². The molecule has 0 saturated carbocycles. The summed E-state index contributed by atoms with van der Waals surface area (Å²) in [7, 11) is 3.15. The largest absolute Gasteiger partial charge is 0.496 e. The van der Waals surface area contributed by atoms with Crippen LogP contribution in [-0.2, 0) is 4.79 Å². The molecule has 0 bridgehead atoms. The lowest BCUT2D eigenvalue weighted by Crippen LogP contribution is -2.39. The molecule has 0 N–H and O–H groups in total. The van der Waals surface area contributed by atoms with Crippen LogP contribution < -0.4 is 29.1 Å². The number of carbonyl (C=O) groups excluding carboxylic acids is 1. The maximum Gasteiger partial charge on any atom is 0.271 e. The number of carbonyl (C=O) groups is 1. The molecule has 2 heterocycles. The molecule has 4 rings (SSSR count). The maximum atomic E-state index is 13.7. The molecule has 8 heteroatoms. The topological polar surface area (TPSA) is 79.1 Å². The van der Waals surface area contributed by atoms with Gasteiger partial charge in [0.05, 0.1) is 31.4 Å². The zero-order valence-electron chi connectivity index (χ0n) is 19.7. The normalized spacial score (nSPS) is 15.6. The molecule has 1 aliphatic rings. The lowest BCUT2D eigenvalue weighted by molar-refractivity contribution is -0.114. The van der Waals surface area contributed by atoms with Gasteiger partial charge < -0.3 is 14.2 Å². The molecule has 2 aromatic carbocycles. The number of ether oxygens (including phenoxy) is 3. The summed E-state index contributed by atoms with van der Waals surface area (Å²) < 4.78 is 18.7. The summed E-state index contributed by atoms with van der Waals surface area (Å²) in [6.07, 6.45) is 1.80.